The van der Waals surface area contributed by atoms with Gasteiger partial charge in [-0.3, -0.25) is 4.90 Å². The van der Waals surface area contributed by atoms with Crippen LogP contribution in [0, 0.1) is 13.8 Å². The quantitative estimate of drug-likeness (QED) is 0.198. The lowest BCUT2D eigenvalue weighted by Crippen LogP contribution is -2.54. The molecule has 230 valence electrons. The largest absolute Gasteiger partial charge is 0.419 e. The average Bonchev–Trinajstić information content (AvgIpc) is 3.38. The summed E-state index contributed by atoms with van der Waals surface area (Å²) in [7, 11) is 0. The first-order chi connectivity index (χ1) is 21.7. The second kappa shape index (κ2) is 12.8. The van der Waals surface area contributed by atoms with Gasteiger partial charge in [0, 0.05) is 32.7 Å². The number of esters is 2. The first-order valence-electron chi connectivity index (χ1n) is 14.8. The van der Waals surface area contributed by atoms with Crippen molar-refractivity contribution in [1.82, 2.24) is 14.6 Å². The van der Waals surface area contributed by atoms with Gasteiger partial charge >= 0.3 is 17.6 Å². The Hall–Kier alpha value is -5.19. The standard InChI is InChI=1S/C35H34N4O6/c1-23-7-11-25(12-8-23)33(41)44-31-16-15-27(21-32(31)45-34(42)26-13-9-24(2)10-14-26)30(40)22-37-17-19-38(20-18-37)39-29-6-4-3-5-28(29)36-35(39)43/h3-16,21,30,40H,17-20,22H2,1-2H3,(H,36,43)/t30-/m1/s1. The number of aromatic amines is 1. The molecule has 0 unspecified atom stereocenters. The summed E-state index contributed by atoms with van der Waals surface area (Å²) in [6.45, 7) is 6.63. The van der Waals surface area contributed by atoms with E-state index < -0.39 is 18.0 Å². The third kappa shape index (κ3) is 6.67. The van der Waals surface area contributed by atoms with Crippen LogP contribution in [0.5, 0.6) is 11.5 Å². The van der Waals surface area contributed by atoms with E-state index in [4.69, 9.17) is 9.47 Å². The zero-order chi connectivity index (χ0) is 31.5. The molecular weight excluding hydrogens is 572 g/mol. The van der Waals surface area contributed by atoms with Gasteiger partial charge in [0.05, 0.1) is 28.3 Å². The number of benzene rings is 4. The molecule has 2 N–H and O–H groups in total. The van der Waals surface area contributed by atoms with E-state index in [2.05, 4.69) is 9.88 Å². The molecule has 10 heteroatoms. The number of carbonyl (C=O) groups is 2. The molecule has 1 saturated heterocycles. The summed E-state index contributed by atoms with van der Waals surface area (Å²) >= 11 is 0. The van der Waals surface area contributed by atoms with Crippen molar-refractivity contribution >= 4 is 23.0 Å². The van der Waals surface area contributed by atoms with Gasteiger partial charge < -0.3 is 24.6 Å². The molecule has 0 saturated carbocycles. The van der Waals surface area contributed by atoms with Crippen LogP contribution in [0.15, 0.2) is 95.8 Å². The van der Waals surface area contributed by atoms with Crippen LogP contribution < -0.4 is 20.2 Å². The zero-order valence-corrected chi connectivity index (χ0v) is 25.1. The molecule has 10 nitrogen and oxygen atoms in total. The van der Waals surface area contributed by atoms with Gasteiger partial charge in [-0.05, 0) is 67.9 Å². The van der Waals surface area contributed by atoms with E-state index in [0.717, 1.165) is 22.2 Å². The highest BCUT2D eigenvalue weighted by Gasteiger charge is 2.24. The van der Waals surface area contributed by atoms with Crippen LogP contribution in [0.4, 0.5) is 0 Å². The lowest BCUT2D eigenvalue weighted by atomic mass is 10.1. The van der Waals surface area contributed by atoms with Crippen LogP contribution in [0.2, 0.25) is 0 Å². The van der Waals surface area contributed by atoms with Gasteiger partial charge in [0.25, 0.3) is 0 Å². The second-order valence-corrected chi connectivity index (χ2v) is 11.2. The van der Waals surface area contributed by atoms with E-state index in [1.807, 2.05) is 67.4 Å². The number of carbonyl (C=O) groups excluding carboxylic acids is 2. The van der Waals surface area contributed by atoms with E-state index in [0.29, 0.717) is 49.4 Å². The summed E-state index contributed by atoms with van der Waals surface area (Å²) in [6.07, 6.45) is -0.911. The van der Waals surface area contributed by atoms with Crippen molar-refractivity contribution in [3.63, 3.8) is 0 Å². The number of hydrogen-bond donors (Lipinski definition) is 2. The van der Waals surface area contributed by atoms with Crippen LogP contribution in [0.3, 0.4) is 0 Å². The SMILES string of the molecule is Cc1ccc(C(=O)Oc2ccc([C@H](O)CN3CCN(n4c(=O)[nH]c5ccccc54)CC3)cc2OC(=O)c2ccc(C)cc2)cc1. The maximum atomic E-state index is 13.0. The van der Waals surface area contributed by atoms with Crippen LogP contribution in [0.1, 0.15) is 43.5 Å². The zero-order valence-electron chi connectivity index (χ0n) is 25.1. The van der Waals surface area contributed by atoms with Crippen molar-refractivity contribution in [2.75, 3.05) is 37.7 Å². The highest BCUT2D eigenvalue weighted by Crippen LogP contribution is 2.32. The lowest BCUT2D eigenvalue weighted by Gasteiger charge is -2.37. The summed E-state index contributed by atoms with van der Waals surface area (Å²) in [6, 6.07) is 26.2. The molecule has 0 radical (unpaired) electrons. The summed E-state index contributed by atoms with van der Waals surface area (Å²) in [4.78, 5) is 43.6. The maximum Gasteiger partial charge on any atom is 0.345 e. The number of β-amino-alcohol motifs (C(OH)–C–C–N with tert-alkyl or cyclic N) is 1. The van der Waals surface area contributed by atoms with E-state index in [-0.39, 0.29) is 17.2 Å². The molecule has 6 rings (SSSR count). The van der Waals surface area contributed by atoms with Crippen LogP contribution in [0.25, 0.3) is 11.0 Å². The number of H-pyrrole nitrogens is 1. The fraction of sp³-hybridized carbons (Fsp3) is 0.229. The molecule has 1 aliphatic rings. The number of aryl methyl sites for hydroxylation is 2. The van der Waals surface area contributed by atoms with Gasteiger partial charge in [-0.25, -0.2) is 19.1 Å². The van der Waals surface area contributed by atoms with Gasteiger partial charge in [0.15, 0.2) is 11.5 Å². The predicted molar refractivity (Wildman–Crippen MR) is 171 cm³/mol. The monoisotopic (exact) mass is 606 g/mol. The van der Waals surface area contributed by atoms with Gasteiger partial charge in [-0.2, -0.15) is 0 Å². The number of para-hydroxylation sites is 2. The first kappa shape index (κ1) is 29.9. The number of aromatic nitrogens is 2. The number of nitrogens with one attached hydrogen (secondary N) is 1. The molecule has 2 heterocycles. The number of nitrogens with zero attached hydrogens (tertiary/aromatic N) is 3. The molecule has 1 aromatic heterocycles. The number of aliphatic hydroxyl groups is 1. The second-order valence-electron chi connectivity index (χ2n) is 11.2. The number of rotatable bonds is 8. The van der Waals surface area contributed by atoms with Crippen LogP contribution in [-0.4, -0.2) is 64.3 Å². The molecule has 45 heavy (non-hydrogen) atoms. The van der Waals surface area contributed by atoms with E-state index in [1.165, 1.54) is 12.1 Å². The fourth-order valence-electron chi connectivity index (χ4n) is 5.39. The molecule has 0 aliphatic carbocycles. The van der Waals surface area contributed by atoms with Crippen LogP contribution in [-0.2, 0) is 0 Å². The molecule has 0 spiro atoms. The molecule has 1 aliphatic heterocycles. The molecule has 4 aromatic carbocycles. The maximum absolute atomic E-state index is 13.0. The van der Waals surface area contributed by atoms with Crippen molar-refractivity contribution in [1.29, 1.82) is 0 Å². The smallest absolute Gasteiger partial charge is 0.345 e. The van der Waals surface area contributed by atoms with Crippen molar-refractivity contribution in [2.24, 2.45) is 0 Å². The third-order valence-electron chi connectivity index (χ3n) is 7.96. The van der Waals surface area contributed by atoms with Gasteiger partial charge in [0.1, 0.15) is 0 Å². The molecule has 5 aromatic rings. The fourth-order valence-corrected chi connectivity index (χ4v) is 5.39. The Labute approximate surface area is 260 Å². The molecular formula is C35H34N4O6. The molecule has 0 amide bonds. The lowest BCUT2D eigenvalue weighted by molar-refractivity contribution is 0.0680. The number of hydrogen-bond acceptors (Lipinski definition) is 8. The summed E-state index contributed by atoms with van der Waals surface area (Å²) in [5.74, 6) is -1.11. The Morgan fingerprint density at radius 1 is 0.778 bits per heavy atom. The number of imidazole rings is 1. The molecule has 1 atom stereocenters. The van der Waals surface area contributed by atoms with Crippen molar-refractivity contribution in [2.45, 2.75) is 20.0 Å². The minimum atomic E-state index is -0.911. The van der Waals surface area contributed by atoms with Crippen molar-refractivity contribution in [3.8, 4) is 11.5 Å². The Balaban J connectivity index is 1.17. The first-order valence-corrected chi connectivity index (χ1v) is 14.8. The average molecular weight is 607 g/mol. The number of piperazine rings is 1. The number of fused-ring (bicyclic) bond motifs is 1. The summed E-state index contributed by atoms with van der Waals surface area (Å²) in [5.41, 5.74) is 4.64. The highest BCUT2D eigenvalue weighted by molar-refractivity contribution is 5.93. The normalized spacial score (nSPS) is 14.3. The topological polar surface area (TPSA) is 117 Å². The Kier molecular flexibility index (Phi) is 8.50. The van der Waals surface area contributed by atoms with Gasteiger partial charge in [-0.15, -0.1) is 0 Å². The van der Waals surface area contributed by atoms with Crippen molar-refractivity contribution < 1.29 is 24.2 Å². The minimum Gasteiger partial charge on any atom is -0.419 e. The number of ether oxygens (including phenoxy) is 2. The van der Waals surface area contributed by atoms with Gasteiger partial charge in [-0.1, -0.05) is 53.6 Å². The predicted octanol–water partition coefficient (Wildman–Crippen LogP) is 4.37. The Morgan fingerprint density at radius 2 is 1.36 bits per heavy atom. The minimum absolute atomic E-state index is 0.0288. The summed E-state index contributed by atoms with van der Waals surface area (Å²) < 4.78 is 13.1. The Morgan fingerprint density at radius 3 is 1.98 bits per heavy atom. The van der Waals surface area contributed by atoms with Crippen molar-refractivity contribution in [3.05, 3.63) is 129 Å². The van der Waals surface area contributed by atoms with E-state index >= 15 is 0 Å². The Bertz CT molecular complexity index is 1890. The molecule has 0 bridgehead atoms. The summed E-state index contributed by atoms with van der Waals surface area (Å²) in [5, 5.41) is 13.2. The highest BCUT2D eigenvalue weighted by atomic mass is 16.6. The number of aliphatic hydroxyl groups excluding tert-OH is 1. The van der Waals surface area contributed by atoms with E-state index in [9.17, 15) is 19.5 Å². The van der Waals surface area contributed by atoms with Gasteiger partial charge in [0.2, 0.25) is 0 Å². The third-order valence-corrected chi connectivity index (χ3v) is 7.96. The van der Waals surface area contributed by atoms with Crippen LogP contribution >= 0.6 is 0 Å². The molecule has 1 fully saturated rings. The van der Waals surface area contributed by atoms with E-state index in [1.54, 1.807) is 35.0 Å².